The molecule has 0 heterocycles. The number of aliphatic carboxylic acids is 1. The van der Waals surface area contributed by atoms with Gasteiger partial charge in [0.05, 0.1) is 26.6 Å². The second-order valence-electron chi connectivity index (χ2n) is 6.07. The molecule has 1 saturated carbocycles. The molecule has 0 unspecified atom stereocenters. The lowest BCUT2D eigenvalue weighted by atomic mass is 9.94. The molecule has 6 heteroatoms. The van der Waals surface area contributed by atoms with E-state index in [0.29, 0.717) is 29.9 Å². The van der Waals surface area contributed by atoms with Crippen LogP contribution in [0.4, 0.5) is 0 Å². The molecule has 1 amide bonds. The maximum Gasteiger partial charge on any atom is 0.308 e. The molecule has 132 valence electrons. The zero-order valence-electron chi connectivity index (χ0n) is 14.2. The van der Waals surface area contributed by atoms with Crippen molar-refractivity contribution in [1.82, 2.24) is 5.32 Å². The molecule has 1 aliphatic carbocycles. The van der Waals surface area contributed by atoms with E-state index in [1.807, 2.05) is 0 Å². The zero-order valence-corrected chi connectivity index (χ0v) is 14.2. The number of carbonyl (C=O) groups is 2. The molecular weight excluding hydrogens is 310 g/mol. The SMILES string of the molecule is COc1cccc(OC)c1CC(=O)N[C@H]1CCCCC[C@H]1C(=O)O. The van der Waals surface area contributed by atoms with Crippen LogP contribution in [0.3, 0.4) is 0 Å². The summed E-state index contributed by atoms with van der Waals surface area (Å²) in [5.74, 6) is -0.399. The Morgan fingerprint density at radius 2 is 1.75 bits per heavy atom. The minimum absolute atomic E-state index is 0.0933. The first-order valence-electron chi connectivity index (χ1n) is 8.28. The van der Waals surface area contributed by atoms with Crippen LogP contribution in [0.5, 0.6) is 11.5 Å². The molecule has 0 spiro atoms. The van der Waals surface area contributed by atoms with E-state index in [0.717, 1.165) is 19.3 Å². The predicted octanol–water partition coefficient (Wildman–Crippen LogP) is 2.40. The van der Waals surface area contributed by atoms with Crippen LogP contribution in [0.2, 0.25) is 0 Å². The first-order valence-corrected chi connectivity index (χ1v) is 8.28. The van der Waals surface area contributed by atoms with Crippen molar-refractivity contribution in [1.29, 1.82) is 0 Å². The Kier molecular flexibility index (Phi) is 6.46. The summed E-state index contributed by atoms with van der Waals surface area (Å²) in [5.41, 5.74) is 0.667. The highest BCUT2D eigenvalue weighted by Crippen LogP contribution is 2.29. The van der Waals surface area contributed by atoms with E-state index >= 15 is 0 Å². The lowest BCUT2D eigenvalue weighted by Crippen LogP contribution is -2.43. The van der Waals surface area contributed by atoms with E-state index in [4.69, 9.17) is 9.47 Å². The van der Waals surface area contributed by atoms with Crippen LogP contribution in [0.1, 0.15) is 37.7 Å². The fourth-order valence-electron chi connectivity index (χ4n) is 3.30. The average molecular weight is 335 g/mol. The summed E-state index contributed by atoms with van der Waals surface area (Å²) >= 11 is 0. The van der Waals surface area contributed by atoms with Gasteiger partial charge < -0.3 is 19.9 Å². The van der Waals surface area contributed by atoms with Crippen molar-refractivity contribution in [3.63, 3.8) is 0 Å². The Bertz CT molecular complexity index is 565. The van der Waals surface area contributed by atoms with Crippen LogP contribution in [-0.2, 0) is 16.0 Å². The molecule has 0 radical (unpaired) electrons. The Labute approximate surface area is 142 Å². The van der Waals surface area contributed by atoms with Crippen LogP contribution in [0.25, 0.3) is 0 Å². The van der Waals surface area contributed by atoms with Crippen molar-refractivity contribution in [3.8, 4) is 11.5 Å². The molecule has 0 aromatic heterocycles. The average Bonchev–Trinajstić information content (AvgIpc) is 2.80. The van der Waals surface area contributed by atoms with Crippen molar-refractivity contribution in [2.75, 3.05) is 14.2 Å². The van der Waals surface area contributed by atoms with Crippen molar-refractivity contribution in [3.05, 3.63) is 23.8 Å². The van der Waals surface area contributed by atoms with Crippen LogP contribution >= 0.6 is 0 Å². The first-order chi connectivity index (χ1) is 11.6. The van der Waals surface area contributed by atoms with Gasteiger partial charge in [0, 0.05) is 11.6 Å². The van der Waals surface area contributed by atoms with Crippen LogP contribution in [0, 0.1) is 5.92 Å². The lowest BCUT2D eigenvalue weighted by molar-refractivity contribution is -0.143. The van der Waals surface area contributed by atoms with E-state index in [2.05, 4.69) is 5.32 Å². The maximum absolute atomic E-state index is 12.5. The second-order valence-corrected chi connectivity index (χ2v) is 6.07. The molecule has 0 aliphatic heterocycles. The van der Waals surface area contributed by atoms with Gasteiger partial charge in [0.15, 0.2) is 0 Å². The van der Waals surface area contributed by atoms with Gasteiger partial charge in [0.2, 0.25) is 5.91 Å². The third-order valence-corrected chi connectivity index (χ3v) is 4.55. The summed E-state index contributed by atoms with van der Waals surface area (Å²) in [6, 6.07) is 5.02. The standard InChI is InChI=1S/C18H25NO5/c1-23-15-9-6-10-16(24-2)13(15)11-17(20)19-14-8-5-3-4-7-12(14)18(21)22/h6,9-10,12,14H,3-5,7-8,11H2,1-2H3,(H,19,20)(H,21,22)/t12-,14+/m1/s1. The van der Waals surface area contributed by atoms with E-state index in [9.17, 15) is 14.7 Å². The minimum atomic E-state index is -0.836. The number of nitrogens with one attached hydrogen (secondary N) is 1. The lowest BCUT2D eigenvalue weighted by Gasteiger charge is -2.23. The number of amides is 1. The normalized spacial score (nSPS) is 20.8. The van der Waals surface area contributed by atoms with Crippen molar-refractivity contribution in [2.45, 2.75) is 44.6 Å². The molecule has 1 aliphatic rings. The Balaban J connectivity index is 2.11. The number of methoxy groups -OCH3 is 2. The smallest absolute Gasteiger partial charge is 0.308 e. The molecule has 0 saturated heterocycles. The number of benzene rings is 1. The molecule has 1 aromatic rings. The van der Waals surface area contributed by atoms with Gasteiger partial charge in [-0.2, -0.15) is 0 Å². The molecule has 1 aromatic carbocycles. The summed E-state index contributed by atoms with van der Waals surface area (Å²) in [4.78, 5) is 23.9. The van der Waals surface area contributed by atoms with Crippen molar-refractivity contribution >= 4 is 11.9 Å². The van der Waals surface area contributed by atoms with E-state index in [1.165, 1.54) is 0 Å². The van der Waals surface area contributed by atoms with E-state index < -0.39 is 11.9 Å². The number of hydrogen-bond acceptors (Lipinski definition) is 4. The molecular formula is C18H25NO5. The molecule has 2 atom stereocenters. The fraction of sp³-hybridized carbons (Fsp3) is 0.556. The van der Waals surface area contributed by atoms with Crippen LogP contribution in [0.15, 0.2) is 18.2 Å². The highest BCUT2D eigenvalue weighted by molar-refractivity contribution is 5.81. The number of carboxylic acid groups (broad SMARTS) is 1. The second kappa shape index (κ2) is 8.57. The third kappa shape index (κ3) is 4.40. The third-order valence-electron chi connectivity index (χ3n) is 4.55. The Morgan fingerprint density at radius 3 is 2.33 bits per heavy atom. The molecule has 0 bridgehead atoms. The van der Waals surface area contributed by atoms with Gasteiger partial charge in [-0.05, 0) is 25.0 Å². The van der Waals surface area contributed by atoms with Gasteiger partial charge in [-0.3, -0.25) is 9.59 Å². The topological polar surface area (TPSA) is 84.9 Å². The zero-order chi connectivity index (χ0) is 17.5. The van der Waals surface area contributed by atoms with Gasteiger partial charge in [-0.15, -0.1) is 0 Å². The molecule has 6 nitrogen and oxygen atoms in total. The first kappa shape index (κ1) is 18.1. The summed E-state index contributed by atoms with van der Waals surface area (Å²) in [6.45, 7) is 0. The highest BCUT2D eigenvalue weighted by atomic mass is 16.5. The van der Waals surface area contributed by atoms with E-state index in [-0.39, 0.29) is 18.4 Å². The number of carbonyl (C=O) groups excluding carboxylic acids is 1. The van der Waals surface area contributed by atoms with Gasteiger partial charge >= 0.3 is 5.97 Å². The molecule has 1 fully saturated rings. The number of carboxylic acids is 1. The summed E-state index contributed by atoms with van der Waals surface area (Å²) in [6.07, 6.45) is 4.24. The Morgan fingerprint density at radius 1 is 1.12 bits per heavy atom. The number of hydrogen-bond donors (Lipinski definition) is 2. The maximum atomic E-state index is 12.5. The number of ether oxygens (including phenoxy) is 2. The Hall–Kier alpha value is -2.24. The monoisotopic (exact) mass is 335 g/mol. The fourth-order valence-corrected chi connectivity index (χ4v) is 3.30. The van der Waals surface area contributed by atoms with Crippen LogP contribution in [-0.4, -0.2) is 37.2 Å². The molecule has 2 rings (SSSR count). The minimum Gasteiger partial charge on any atom is -0.496 e. The summed E-state index contributed by atoms with van der Waals surface area (Å²) < 4.78 is 10.6. The van der Waals surface area contributed by atoms with Crippen molar-refractivity contribution in [2.24, 2.45) is 5.92 Å². The quantitative estimate of drug-likeness (QED) is 0.780. The number of rotatable bonds is 6. The highest BCUT2D eigenvalue weighted by Gasteiger charge is 2.30. The summed E-state index contributed by atoms with van der Waals surface area (Å²) in [7, 11) is 3.09. The van der Waals surface area contributed by atoms with Gasteiger partial charge in [0.1, 0.15) is 11.5 Å². The largest absolute Gasteiger partial charge is 0.496 e. The van der Waals surface area contributed by atoms with Crippen molar-refractivity contribution < 1.29 is 24.2 Å². The van der Waals surface area contributed by atoms with Gasteiger partial charge in [0.25, 0.3) is 0 Å². The summed E-state index contributed by atoms with van der Waals surface area (Å²) in [5, 5.41) is 12.3. The van der Waals surface area contributed by atoms with Gasteiger partial charge in [-0.1, -0.05) is 25.3 Å². The molecule has 2 N–H and O–H groups in total. The van der Waals surface area contributed by atoms with E-state index in [1.54, 1.807) is 32.4 Å². The van der Waals surface area contributed by atoms with Gasteiger partial charge in [-0.25, -0.2) is 0 Å². The van der Waals surface area contributed by atoms with Crippen LogP contribution < -0.4 is 14.8 Å². The molecule has 24 heavy (non-hydrogen) atoms. The predicted molar refractivity (Wildman–Crippen MR) is 89.4 cm³/mol.